The SMILES string of the molecule is O=C(O)CC(CC(=O)O)(OC(=O)CCC(=O)OC(CC(=O)O)(CC(=O)O)C(=O)O)C(=O)O.[H-].[H-].[Na+].[Na+]. The summed E-state index contributed by atoms with van der Waals surface area (Å²) in [4.78, 5) is 90.0. The van der Waals surface area contributed by atoms with Crippen LogP contribution in [0, 0.1) is 0 Å². The van der Waals surface area contributed by atoms with Gasteiger partial charge in [-0.1, -0.05) is 0 Å². The maximum atomic E-state index is 11.9. The molecule has 0 aliphatic carbocycles. The molecular formula is C16H20Na2O16. The van der Waals surface area contributed by atoms with Crippen molar-refractivity contribution < 1.29 is 140 Å². The van der Waals surface area contributed by atoms with E-state index in [1.807, 2.05) is 0 Å². The molecule has 0 rings (SSSR count). The Bertz CT molecular complexity index is 746. The third-order valence-corrected chi connectivity index (χ3v) is 3.68. The topological polar surface area (TPSA) is 276 Å². The summed E-state index contributed by atoms with van der Waals surface area (Å²) in [5.41, 5.74) is -6.04. The number of carboxylic acids is 6. The molecule has 0 saturated heterocycles. The van der Waals surface area contributed by atoms with E-state index in [9.17, 15) is 38.4 Å². The van der Waals surface area contributed by atoms with Crippen LogP contribution in [0.15, 0.2) is 0 Å². The number of hydrogen-bond acceptors (Lipinski definition) is 10. The fourth-order valence-electron chi connectivity index (χ4n) is 2.38. The van der Waals surface area contributed by atoms with Crippen molar-refractivity contribution in [1.82, 2.24) is 0 Å². The van der Waals surface area contributed by atoms with E-state index in [0.717, 1.165) is 0 Å². The van der Waals surface area contributed by atoms with Crippen LogP contribution in [0.5, 0.6) is 0 Å². The van der Waals surface area contributed by atoms with Crippen LogP contribution in [0.3, 0.4) is 0 Å². The van der Waals surface area contributed by atoms with Crippen LogP contribution in [0.2, 0.25) is 0 Å². The van der Waals surface area contributed by atoms with Crippen LogP contribution < -0.4 is 59.1 Å². The first-order valence-corrected chi connectivity index (χ1v) is 8.33. The summed E-state index contributed by atoms with van der Waals surface area (Å²) in [5, 5.41) is 53.5. The largest absolute Gasteiger partial charge is 1.00 e. The third-order valence-electron chi connectivity index (χ3n) is 3.68. The minimum atomic E-state index is -3.02. The van der Waals surface area contributed by atoms with Gasteiger partial charge in [0.15, 0.2) is 0 Å². The second kappa shape index (κ2) is 15.6. The first-order valence-electron chi connectivity index (χ1n) is 8.33. The zero-order valence-electron chi connectivity index (χ0n) is 20.0. The number of carbonyl (C=O) groups is 8. The van der Waals surface area contributed by atoms with E-state index in [4.69, 9.17) is 30.6 Å². The number of carboxylic acid groups (broad SMARTS) is 6. The summed E-state index contributed by atoms with van der Waals surface area (Å²) >= 11 is 0. The second-order valence-corrected chi connectivity index (χ2v) is 6.33. The summed E-state index contributed by atoms with van der Waals surface area (Å²) < 4.78 is 8.93. The molecule has 6 N–H and O–H groups in total. The van der Waals surface area contributed by atoms with E-state index in [-0.39, 0.29) is 62.0 Å². The van der Waals surface area contributed by atoms with E-state index in [2.05, 4.69) is 9.47 Å². The van der Waals surface area contributed by atoms with Crippen LogP contribution in [0.1, 0.15) is 41.4 Å². The molecule has 0 atom stereocenters. The first kappa shape index (κ1) is 36.3. The fraction of sp³-hybridized carbons (Fsp3) is 0.500. The summed E-state index contributed by atoms with van der Waals surface area (Å²) in [6.45, 7) is 0. The molecule has 0 aliphatic rings. The molecule has 0 spiro atoms. The minimum Gasteiger partial charge on any atom is -1.00 e. The van der Waals surface area contributed by atoms with E-state index < -0.39 is 97.5 Å². The molecule has 0 aliphatic heterocycles. The maximum absolute atomic E-state index is 11.9. The minimum absolute atomic E-state index is 0. The van der Waals surface area contributed by atoms with Crippen molar-refractivity contribution in [2.45, 2.75) is 49.7 Å². The van der Waals surface area contributed by atoms with Gasteiger partial charge in [0, 0.05) is 0 Å². The number of rotatable bonds is 15. The van der Waals surface area contributed by atoms with Gasteiger partial charge in [0.05, 0.1) is 38.5 Å². The molecule has 18 heteroatoms. The zero-order chi connectivity index (χ0) is 25.3. The summed E-state index contributed by atoms with van der Waals surface area (Å²) in [7, 11) is 0. The molecule has 0 aromatic heterocycles. The average molecular weight is 514 g/mol. The Balaban J connectivity index is -0.000000801. The van der Waals surface area contributed by atoms with Gasteiger partial charge < -0.3 is 43.0 Å². The fourth-order valence-corrected chi connectivity index (χ4v) is 2.38. The molecule has 34 heavy (non-hydrogen) atoms. The molecular weight excluding hydrogens is 494 g/mol. The summed E-state index contributed by atoms with van der Waals surface area (Å²) in [5.74, 6) is -14.7. The predicted molar refractivity (Wildman–Crippen MR) is 93.4 cm³/mol. The van der Waals surface area contributed by atoms with Crippen LogP contribution in [-0.2, 0) is 47.8 Å². The van der Waals surface area contributed by atoms with Gasteiger partial charge in [0.2, 0.25) is 11.2 Å². The van der Waals surface area contributed by atoms with Crippen LogP contribution in [0.25, 0.3) is 0 Å². The molecule has 0 unspecified atom stereocenters. The van der Waals surface area contributed by atoms with Crippen molar-refractivity contribution in [3.8, 4) is 0 Å². The third kappa shape index (κ3) is 12.3. The Morgan fingerprint density at radius 2 is 0.706 bits per heavy atom. The Kier molecular flexibility index (Phi) is 16.7. The van der Waals surface area contributed by atoms with Crippen molar-refractivity contribution in [3.05, 3.63) is 0 Å². The number of aliphatic carboxylic acids is 6. The second-order valence-electron chi connectivity index (χ2n) is 6.33. The Labute approximate surface area is 236 Å². The van der Waals surface area contributed by atoms with Gasteiger partial charge in [-0.2, -0.15) is 0 Å². The van der Waals surface area contributed by atoms with Gasteiger partial charge in [-0.15, -0.1) is 0 Å². The van der Waals surface area contributed by atoms with Gasteiger partial charge in [-0.25, -0.2) is 9.59 Å². The molecule has 0 aromatic rings. The van der Waals surface area contributed by atoms with Crippen molar-refractivity contribution in [3.63, 3.8) is 0 Å². The standard InChI is InChI=1S/C16H18O16.2Na.2H/c17-7(18)3-15(13(27)28,4-8(19)20)31-11(25)1-2-12(26)32-16(14(29)30,5-9(21)22)6-10(23)24;;;;/h1-6H2,(H,17,18)(H,19,20)(H,21,22)(H,23,24)(H,27,28)(H,29,30);;;;/q;2*+1;2*-1. The van der Waals surface area contributed by atoms with Crippen molar-refractivity contribution >= 4 is 47.8 Å². The molecule has 0 aromatic carbocycles. The van der Waals surface area contributed by atoms with E-state index in [1.165, 1.54) is 0 Å². The van der Waals surface area contributed by atoms with E-state index in [1.54, 1.807) is 0 Å². The van der Waals surface area contributed by atoms with Crippen molar-refractivity contribution in [1.29, 1.82) is 0 Å². The number of hydrogen-bond donors (Lipinski definition) is 6. The summed E-state index contributed by atoms with van der Waals surface area (Å²) in [6, 6.07) is 0. The van der Waals surface area contributed by atoms with Gasteiger partial charge >= 0.3 is 107 Å². The monoisotopic (exact) mass is 514 g/mol. The number of ether oxygens (including phenoxy) is 2. The van der Waals surface area contributed by atoms with Gasteiger partial charge in [-0.3, -0.25) is 28.8 Å². The van der Waals surface area contributed by atoms with Crippen LogP contribution in [-0.4, -0.2) is 89.6 Å². The van der Waals surface area contributed by atoms with Crippen molar-refractivity contribution in [2.24, 2.45) is 0 Å². The molecule has 0 bridgehead atoms. The molecule has 16 nitrogen and oxygen atoms in total. The van der Waals surface area contributed by atoms with Crippen LogP contribution >= 0.6 is 0 Å². The predicted octanol–water partition coefficient (Wildman–Crippen LogP) is -7.37. The van der Waals surface area contributed by atoms with Crippen molar-refractivity contribution in [2.75, 3.05) is 0 Å². The Morgan fingerprint density at radius 1 is 0.500 bits per heavy atom. The van der Waals surface area contributed by atoms with Gasteiger partial charge in [0.1, 0.15) is 0 Å². The average Bonchev–Trinajstić information content (AvgIpc) is 2.57. The molecule has 0 saturated carbocycles. The molecule has 0 heterocycles. The van der Waals surface area contributed by atoms with E-state index in [0.29, 0.717) is 0 Å². The smallest absolute Gasteiger partial charge is 1.00 e. The quantitative estimate of drug-likeness (QED) is 0.0874. The van der Waals surface area contributed by atoms with E-state index >= 15 is 0 Å². The first-order chi connectivity index (χ1) is 14.5. The Hall–Kier alpha value is -2.24. The summed E-state index contributed by atoms with van der Waals surface area (Å²) in [6.07, 6.45) is -7.89. The molecule has 0 radical (unpaired) electrons. The molecule has 0 fully saturated rings. The molecule has 182 valence electrons. The normalized spacial score (nSPS) is 10.5. The molecule has 0 amide bonds. The Morgan fingerprint density at radius 3 is 0.853 bits per heavy atom. The number of esters is 2. The number of carbonyl (C=O) groups excluding carboxylic acids is 2. The van der Waals surface area contributed by atoms with Gasteiger partial charge in [-0.05, 0) is 0 Å². The zero-order valence-corrected chi connectivity index (χ0v) is 22.0. The maximum Gasteiger partial charge on any atom is 1.00 e. The van der Waals surface area contributed by atoms with Crippen LogP contribution in [0.4, 0.5) is 0 Å². The van der Waals surface area contributed by atoms with Gasteiger partial charge in [0.25, 0.3) is 0 Å².